The van der Waals surface area contributed by atoms with Crippen LogP contribution in [-0.2, 0) is 0 Å². The third-order valence-electron chi connectivity index (χ3n) is 3.19. The minimum Gasteiger partial charge on any atom is -0.497 e. The zero-order valence-electron chi connectivity index (χ0n) is 11.7. The van der Waals surface area contributed by atoms with E-state index in [2.05, 4.69) is 15.9 Å². The smallest absolute Gasteiger partial charge is 0.259 e. The predicted octanol–water partition coefficient (Wildman–Crippen LogP) is 4.04. The number of ether oxygens (including phenoxy) is 1. The molecule has 0 aliphatic heterocycles. The Kier molecular flexibility index (Phi) is 4.45. The van der Waals surface area contributed by atoms with E-state index in [4.69, 9.17) is 4.74 Å². The second-order valence-electron chi connectivity index (χ2n) is 4.50. The Bertz CT molecular complexity index is 623. The molecule has 20 heavy (non-hydrogen) atoms. The summed E-state index contributed by atoms with van der Waals surface area (Å²) in [5.41, 5.74) is 2.52. The van der Waals surface area contributed by atoms with Crippen molar-refractivity contribution in [1.82, 2.24) is 0 Å². The Hall–Kier alpha value is -1.81. The van der Waals surface area contributed by atoms with Gasteiger partial charge in [-0.2, -0.15) is 0 Å². The van der Waals surface area contributed by atoms with Crippen molar-refractivity contribution < 1.29 is 9.53 Å². The van der Waals surface area contributed by atoms with Crippen LogP contribution < -0.4 is 9.64 Å². The van der Waals surface area contributed by atoms with E-state index in [0.717, 1.165) is 21.5 Å². The number of methoxy groups -OCH3 is 1. The molecular weight excluding hydrogens is 318 g/mol. The summed E-state index contributed by atoms with van der Waals surface area (Å²) in [6.45, 7) is 1.97. The lowest BCUT2D eigenvalue weighted by Crippen LogP contribution is -2.26. The molecule has 0 unspecified atom stereocenters. The first-order valence-electron chi connectivity index (χ1n) is 6.22. The molecule has 2 rings (SSSR count). The van der Waals surface area contributed by atoms with Crippen molar-refractivity contribution in [3.05, 3.63) is 58.1 Å². The first-order chi connectivity index (χ1) is 9.54. The van der Waals surface area contributed by atoms with Gasteiger partial charge in [0.25, 0.3) is 5.91 Å². The Morgan fingerprint density at radius 3 is 2.40 bits per heavy atom. The second-order valence-corrected chi connectivity index (χ2v) is 5.29. The average Bonchev–Trinajstić information content (AvgIpc) is 2.48. The first kappa shape index (κ1) is 14.6. The molecule has 2 aromatic carbocycles. The van der Waals surface area contributed by atoms with Gasteiger partial charge in [-0.3, -0.25) is 4.79 Å². The van der Waals surface area contributed by atoms with Crippen molar-refractivity contribution in [3.63, 3.8) is 0 Å². The number of carbonyl (C=O) groups excluding carboxylic acids is 1. The van der Waals surface area contributed by atoms with E-state index in [1.807, 2.05) is 49.4 Å². The Morgan fingerprint density at radius 2 is 1.80 bits per heavy atom. The maximum absolute atomic E-state index is 12.5. The van der Waals surface area contributed by atoms with Crippen LogP contribution in [0.4, 0.5) is 5.69 Å². The van der Waals surface area contributed by atoms with Crippen LogP contribution in [0.2, 0.25) is 0 Å². The zero-order valence-corrected chi connectivity index (χ0v) is 13.3. The number of amides is 1. The summed E-state index contributed by atoms with van der Waals surface area (Å²) in [5, 5.41) is 0. The van der Waals surface area contributed by atoms with E-state index in [1.165, 1.54) is 0 Å². The quantitative estimate of drug-likeness (QED) is 0.848. The molecule has 0 atom stereocenters. The summed E-state index contributed by atoms with van der Waals surface area (Å²) in [6.07, 6.45) is 0. The van der Waals surface area contributed by atoms with Crippen molar-refractivity contribution in [2.24, 2.45) is 0 Å². The van der Waals surface area contributed by atoms with Crippen molar-refractivity contribution in [1.29, 1.82) is 0 Å². The van der Waals surface area contributed by atoms with Crippen LogP contribution >= 0.6 is 15.9 Å². The summed E-state index contributed by atoms with van der Waals surface area (Å²) in [6, 6.07) is 13.1. The average molecular weight is 334 g/mol. The molecule has 0 heterocycles. The van der Waals surface area contributed by atoms with Crippen LogP contribution in [0.5, 0.6) is 5.75 Å². The maximum Gasteiger partial charge on any atom is 0.259 e. The number of halogens is 1. The molecular formula is C16H16BrNO2. The van der Waals surface area contributed by atoms with Gasteiger partial charge in [-0.05, 0) is 58.7 Å². The van der Waals surface area contributed by atoms with Crippen molar-refractivity contribution >= 4 is 27.5 Å². The lowest BCUT2D eigenvalue weighted by Gasteiger charge is -2.19. The molecule has 2 aromatic rings. The van der Waals surface area contributed by atoms with E-state index < -0.39 is 0 Å². The Balaban J connectivity index is 2.29. The van der Waals surface area contributed by atoms with Gasteiger partial charge in [0, 0.05) is 17.2 Å². The minimum absolute atomic E-state index is 0.0502. The highest BCUT2D eigenvalue weighted by atomic mass is 79.9. The summed E-state index contributed by atoms with van der Waals surface area (Å²) in [7, 11) is 3.38. The van der Waals surface area contributed by atoms with Gasteiger partial charge in [-0.25, -0.2) is 0 Å². The van der Waals surface area contributed by atoms with E-state index in [1.54, 1.807) is 19.1 Å². The molecule has 0 spiro atoms. The largest absolute Gasteiger partial charge is 0.497 e. The van der Waals surface area contributed by atoms with Crippen LogP contribution in [0.15, 0.2) is 46.9 Å². The number of aryl methyl sites for hydroxylation is 1. The van der Waals surface area contributed by atoms with Gasteiger partial charge in [0.15, 0.2) is 0 Å². The van der Waals surface area contributed by atoms with E-state index in [9.17, 15) is 4.79 Å². The normalized spacial score (nSPS) is 10.2. The molecule has 0 bridgehead atoms. The van der Waals surface area contributed by atoms with Crippen molar-refractivity contribution in [2.75, 3.05) is 19.1 Å². The van der Waals surface area contributed by atoms with E-state index in [0.29, 0.717) is 5.56 Å². The zero-order chi connectivity index (χ0) is 14.7. The van der Waals surface area contributed by atoms with E-state index >= 15 is 0 Å². The number of rotatable bonds is 3. The van der Waals surface area contributed by atoms with Crippen molar-refractivity contribution in [2.45, 2.75) is 6.92 Å². The topological polar surface area (TPSA) is 29.5 Å². The number of benzene rings is 2. The van der Waals surface area contributed by atoms with Crippen molar-refractivity contribution in [3.8, 4) is 5.75 Å². The number of hydrogen-bond acceptors (Lipinski definition) is 2. The Morgan fingerprint density at radius 1 is 1.15 bits per heavy atom. The number of anilines is 1. The number of hydrogen-bond donors (Lipinski definition) is 0. The third kappa shape index (κ3) is 2.85. The fourth-order valence-corrected chi connectivity index (χ4v) is 2.35. The highest BCUT2D eigenvalue weighted by Gasteiger charge is 2.17. The fourth-order valence-electron chi connectivity index (χ4n) is 1.92. The van der Waals surface area contributed by atoms with Crippen LogP contribution in [0, 0.1) is 6.92 Å². The minimum atomic E-state index is -0.0502. The van der Waals surface area contributed by atoms with Crippen LogP contribution in [-0.4, -0.2) is 20.1 Å². The SMILES string of the molecule is COc1ccc(N(C)C(=O)c2cccc(C)c2Br)cc1. The summed E-state index contributed by atoms with van der Waals surface area (Å²) >= 11 is 3.48. The van der Waals surface area contributed by atoms with Gasteiger partial charge in [0.1, 0.15) is 5.75 Å². The molecule has 0 aromatic heterocycles. The van der Waals surface area contributed by atoms with Crippen LogP contribution in [0.25, 0.3) is 0 Å². The molecule has 0 aliphatic rings. The first-order valence-corrected chi connectivity index (χ1v) is 7.01. The molecule has 1 amide bonds. The van der Waals surface area contributed by atoms with Gasteiger partial charge >= 0.3 is 0 Å². The van der Waals surface area contributed by atoms with Crippen LogP contribution in [0.3, 0.4) is 0 Å². The molecule has 0 aliphatic carbocycles. The molecule has 4 heteroatoms. The molecule has 0 N–H and O–H groups in total. The summed E-state index contributed by atoms with van der Waals surface area (Å²) in [5.74, 6) is 0.720. The Labute approximate surface area is 127 Å². The molecule has 0 fully saturated rings. The molecule has 3 nitrogen and oxygen atoms in total. The van der Waals surface area contributed by atoms with Gasteiger partial charge in [0.05, 0.1) is 12.7 Å². The number of carbonyl (C=O) groups is 1. The van der Waals surface area contributed by atoms with Gasteiger partial charge in [0.2, 0.25) is 0 Å². The molecule has 0 saturated carbocycles. The second kappa shape index (κ2) is 6.09. The standard InChI is InChI=1S/C16H16BrNO2/c1-11-5-4-6-14(15(11)17)16(19)18(2)12-7-9-13(20-3)10-8-12/h4-10H,1-3H3. The predicted molar refractivity (Wildman–Crippen MR) is 84.6 cm³/mol. The summed E-state index contributed by atoms with van der Waals surface area (Å²) in [4.78, 5) is 14.2. The molecule has 0 radical (unpaired) electrons. The van der Waals surface area contributed by atoms with Gasteiger partial charge in [-0.15, -0.1) is 0 Å². The highest BCUT2D eigenvalue weighted by molar-refractivity contribution is 9.10. The summed E-state index contributed by atoms with van der Waals surface area (Å²) < 4.78 is 5.96. The number of nitrogens with zero attached hydrogens (tertiary/aromatic N) is 1. The van der Waals surface area contributed by atoms with Crippen LogP contribution in [0.1, 0.15) is 15.9 Å². The highest BCUT2D eigenvalue weighted by Crippen LogP contribution is 2.25. The lowest BCUT2D eigenvalue weighted by molar-refractivity contribution is 0.0992. The lowest BCUT2D eigenvalue weighted by atomic mass is 10.1. The monoisotopic (exact) mass is 333 g/mol. The third-order valence-corrected chi connectivity index (χ3v) is 4.24. The van der Waals surface area contributed by atoms with E-state index in [-0.39, 0.29) is 5.91 Å². The fraction of sp³-hybridized carbons (Fsp3) is 0.188. The maximum atomic E-state index is 12.5. The van der Waals surface area contributed by atoms with Gasteiger partial charge < -0.3 is 9.64 Å². The molecule has 0 saturated heterocycles. The van der Waals surface area contributed by atoms with Gasteiger partial charge in [-0.1, -0.05) is 12.1 Å². The molecule has 104 valence electrons.